The third kappa shape index (κ3) is 2.05. The van der Waals surface area contributed by atoms with Crippen LogP contribution in [0.2, 0.25) is 0 Å². The van der Waals surface area contributed by atoms with Gasteiger partial charge in [-0.05, 0) is 18.2 Å². The standard InChI is InChI=1S/C10H8F3NO2/c11-10(12,13)7-2-1-3-8(4-7)14-5-9(15)16-6-14/h1-5,15H,6H2. The number of rotatable bonds is 1. The predicted molar refractivity (Wildman–Crippen MR) is 50.6 cm³/mol. The zero-order valence-electron chi connectivity index (χ0n) is 8.03. The Morgan fingerprint density at radius 1 is 1.31 bits per heavy atom. The molecule has 1 aliphatic heterocycles. The number of aliphatic hydroxyl groups is 1. The van der Waals surface area contributed by atoms with Crippen LogP contribution in [0.15, 0.2) is 36.4 Å². The first-order valence-corrected chi connectivity index (χ1v) is 4.44. The molecule has 3 nitrogen and oxygen atoms in total. The average Bonchev–Trinajstić information content (AvgIpc) is 2.64. The highest BCUT2D eigenvalue weighted by atomic mass is 19.4. The highest BCUT2D eigenvalue weighted by Gasteiger charge is 2.31. The van der Waals surface area contributed by atoms with Crippen molar-refractivity contribution < 1.29 is 23.0 Å². The number of alkyl halides is 3. The minimum atomic E-state index is -4.37. The van der Waals surface area contributed by atoms with Gasteiger partial charge in [-0.1, -0.05) is 6.07 Å². The van der Waals surface area contributed by atoms with Crippen molar-refractivity contribution in [1.29, 1.82) is 0 Å². The van der Waals surface area contributed by atoms with Crippen molar-refractivity contribution in [3.05, 3.63) is 42.0 Å². The molecular weight excluding hydrogens is 223 g/mol. The van der Waals surface area contributed by atoms with Gasteiger partial charge in [-0.2, -0.15) is 13.2 Å². The Morgan fingerprint density at radius 3 is 2.62 bits per heavy atom. The maximum atomic E-state index is 12.4. The lowest BCUT2D eigenvalue weighted by Gasteiger charge is -2.15. The van der Waals surface area contributed by atoms with Crippen LogP contribution >= 0.6 is 0 Å². The quantitative estimate of drug-likeness (QED) is 0.806. The highest BCUT2D eigenvalue weighted by molar-refractivity contribution is 5.52. The number of nitrogens with zero attached hydrogens (tertiary/aromatic N) is 1. The molecule has 0 saturated heterocycles. The average molecular weight is 231 g/mol. The normalized spacial score (nSPS) is 15.9. The molecule has 0 aliphatic carbocycles. The van der Waals surface area contributed by atoms with Crippen LogP contribution in [0, 0.1) is 0 Å². The predicted octanol–water partition coefficient (Wildman–Crippen LogP) is 2.86. The first-order chi connectivity index (χ1) is 7.47. The van der Waals surface area contributed by atoms with Gasteiger partial charge in [0.2, 0.25) is 0 Å². The molecule has 2 rings (SSSR count). The lowest BCUT2D eigenvalue weighted by atomic mass is 10.2. The van der Waals surface area contributed by atoms with Gasteiger partial charge in [0.25, 0.3) is 5.95 Å². The summed E-state index contributed by atoms with van der Waals surface area (Å²) in [5.41, 5.74) is -0.413. The van der Waals surface area contributed by atoms with E-state index in [1.165, 1.54) is 23.2 Å². The van der Waals surface area contributed by atoms with Gasteiger partial charge in [0.05, 0.1) is 11.8 Å². The minimum Gasteiger partial charge on any atom is -0.480 e. The molecule has 16 heavy (non-hydrogen) atoms. The molecule has 1 aromatic carbocycles. The lowest BCUT2D eigenvalue weighted by Crippen LogP contribution is -2.14. The van der Waals surface area contributed by atoms with E-state index in [0.717, 1.165) is 12.1 Å². The van der Waals surface area contributed by atoms with E-state index in [1.807, 2.05) is 0 Å². The number of benzene rings is 1. The third-order valence-electron chi connectivity index (χ3n) is 2.12. The van der Waals surface area contributed by atoms with E-state index >= 15 is 0 Å². The van der Waals surface area contributed by atoms with Crippen molar-refractivity contribution in [3.63, 3.8) is 0 Å². The number of halogens is 3. The Kier molecular flexibility index (Phi) is 2.41. The molecule has 1 N–H and O–H groups in total. The molecule has 86 valence electrons. The maximum Gasteiger partial charge on any atom is 0.416 e. The van der Waals surface area contributed by atoms with Crippen molar-refractivity contribution in [1.82, 2.24) is 0 Å². The Bertz CT molecular complexity index is 428. The summed E-state index contributed by atoms with van der Waals surface area (Å²) in [6, 6.07) is 4.80. The SMILES string of the molecule is OC1=CN(c2cccc(C(F)(F)F)c2)CO1. The van der Waals surface area contributed by atoms with Crippen molar-refractivity contribution in [2.75, 3.05) is 11.6 Å². The topological polar surface area (TPSA) is 32.7 Å². The molecule has 0 aromatic heterocycles. The highest BCUT2D eigenvalue weighted by Crippen LogP contribution is 2.32. The fourth-order valence-corrected chi connectivity index (χ4v) is 1.35. The monoisotopic (exact) mass is 231 g/mol. The van der Waals surface area contributed by atoms with Crippen molar-refractivity contribution in [2.24, 2.45) is 0 Å². The first kappa shape index (κ1) is 10.7. The second-order valence-electron chi connectivity index (χ2n) is 3.26. The van der Waals surface area contributed by atoms with Gasteiger partial charge < -0.3 is 14.7 Å². The number of anilines is 1. The molecule has 0 saturated carbocycles. The summed E-state index contributed by atoms with van der Waals surface area (Å²) in [5, 5.41) is 8.97. The number of ether oxygens (including phenoxy) is 1. The van der Waals surface area contributed by atoms with Gasteiger partial charge in [0, 0.05) is 5.69 Å². The molecule has 1 aliphatic rings. The Labute approximate surface area is 89.4 Å². The summed E-state index contributed by atoms with van der Waals surface area (Å²) in [7, 11) is 0. The van der Waals surface area contributed by atoms with Crippen molar-refractivity contribution in [3.8, 4) is 0 Å². The number of hydrogen-bond donors (Lipinski definition) is 1. The molecule has 0 bridgehead atoms. The van der Waals surface area contributed by atoms with E-state index in [2.05, 4.69) is 0 Å². The fraction of sp³-hybridized carbons (Fsp3) is 0.200. The van der Waals surface area contributed by atoms with E-state index < -0.39 is 11.7 Å². The lowest BCUT2D eigenvalue weighted by molar-refractivity contribution is -0.137. The fourth-order valence-electron chi connectivity index (χ4n) is 1.35. The summed E-state index contributed by atoms with van der Waals surface area (Å²) in [5.74, 6) is -0.308. The second kappa shape index (κ2) is 3.62. The summed E-state index contributed by atoms with van der Waals surface area (Å²) < 4.78 is 42.0. The van der Waals surface area contributed by atoms with Crippen LogP contribution in [0.1, 0.15) is 5.56 Å². The number of aliphatic hydroxyl groups excluding tert-OH is 1. The molecule has 1 aromatic rings. The molecule has 0 radical (unpaired) electrons. The Hall–Kier alpha value is -1.85. The van der Waals surface area contributed by atoms with Crippen molar-refractivity contribution >= 4 is 5.69 Å². The van der Waals surface area contributed by atoms with E-state index in [4.69, 9.17) is 9.84 Å². The van der Waals surface area contributed by atoms with Crippen LogP contribution in [0.5, 0.6) is 0 Å². The molecular formula is C10H8F3NO2. The summed E-state index contributed by atoms with van der Waals surface area (Å²) in [6.07, 6.45) is -3.14. The second-order valence-corrected chi connectivity index (χ2v) is 3.26. The van der Waals surface area contributed by atoms with Gasteiger partial charge in [-0.15, -0.1) is 0 Å². The van der Waals surface area contributed by atoms with Crippen LogP contribution in [0.3, 0.4) is 0 Å². The summed E-state index contributed by atoms with van der Waals surface area (Å²) >= 11 is 0. The molecule has 0 amide bonds. The van der Waals surface area contributed by atoms with Crippen molar-refractivity contribution in [2.45, 2.75) is 6.18 Å². The Balaban J connectivity index is 2.30. The summed E-state index contributed by atoms with van der Waals surface area (Å²) in [4.78, 5) is 1.38. The van der Waals surface area contributed by atoms with Crippen LogP contribution in [-0.4, -0.2) is 11.8 Å². The smallest absolute Gasteiger partial charge is 0.416 e. The maximum absolute atomic E-state index is 12.4. The van der Waals surface area contributed by atoms with Crippen LogP contribution < -0.4 is 4.90 Å². The van der Waals surface area contributed by atoms with Gasteiger partial charge >= 0.3 is 6.18 Å². The number of hydrogen-bond acceptors (Lipinski definition) is 3. The van der Waals surface area contributed by atoms with Crippen LogP contribution in [-0.2, 0) is 10.9 Å². The minimum absolute atomic E-state index is 0.00709. The van der Waals surface area contributed by atoms with Gasteiger partial charge in [-0.3, -0.25) is 0 Å². The molecule has 0 spiro atoms. The van der Waals surface area contributed by atoms with Crippen LogP contribution in [0.4, 0.5) is 18.9 Å². The first-order valence-electron chi connectivity index (χ1n) is 4.44. The zero-order valence-corrected chi connectivity index (χ0v) is 8.03. The largest absolute Gasteiger partial charge is 0.480 e. The van der Waals surface area contributed by atoms with Gasteiger partial charge in [-0.25, -0.2) is 0 Å². The molecule has 1 heterocycles. The van der Waals surface area contributed by atoms with E-state index in [1.54, 1.807) is 0 Å². The third-order valence-corrected chi connectivity index (χ3v) is 2.12. The molecule has 6 heteroatoms. The van der Waals surface area contributed by atoms with Gasteiger partial charge in [0.15, 0.2) is 6.73 Å². The van der Waals surface area contributed by atoms with E-state index in [0.29, 0.717) is 5.69 Å². The van der Waals surface area contributed by atoms with Crippen LogP contribution in [0.25, 0.3) is 0 Å². The molecule has 0 unspecified atom stereocenters. The van der Waals surface area contributed by atoms with E-state index in [-0.39, 0.29) is 12.7 Å². The molecule has 0 fully saturated rings. The van der Waals surface area contributed by atoms with Gasteiger partial charge in [0.1, 0.15) is 0 Å². The zero-order chi connectivity index (χ0) is 11.8. The Morgan fingerprint density at radius 2 is 2.06 bits per heavy atom. The van der Waals surface area contributed by atoms with E-state index in [9.17, 15) is 13.2 Å². The summed E-state index contributed by atoms with van der Waals surface area (Å²) in [6.45, 7) is 0.00709. The molecule has 0 atom stereocenters.